The van der Waals surface area contributed by atoms with Crippen molar-refractivity contribution in [2.24, 2.45) is 0 Å². The van der Waals surface area contributed by atoms with Gasteiger partial charge in [0.1, 0.15) is 0 Å². The molecule has 2 rings (SSSR count). The highest BCUT2D eigenvalue weighted by molar-refractivity contribution is 5.46. The summed E-state index contributed by atoms with van der Waals surface area (Å²) in [6.07, 6.45) is 1.75. The Labute approximate surface area is 83.6 Å². The van der Waals surface area contributed by atoms with Crippen LogP contribution < -0.4 is 10.2 Å². The number of anilines is 1. The second-order valence-corrected chi connectivity index (χ2v) is 3.40. The molecular formula is C10H15N3O. The number of aliphatic hydroxyl groups is 1. The summed E-state index contributed by atoms with van der Waals surface area (Å²) in [5.41, 5.74) is 1.89. The maximum Gasteiger partial charge on any atom is 0.0853 e. The SMILES string of the molecule is OCc1cc(N2CCNCC2)ccn1. The Morgan fingerprint density at radius 2 is 2.21 bits per heavy atom. The van der Waals surface area contributed by atoms with Gasteiger partial charge in [0.05, 0.1) is 12.3 Å². The van der Waals surface area contributed by atoms with Gasteiger partial charge in [-0.05, 0) is 12.1 Å². The van der Waals surface area contributed by atoms with Gasteiger partial charge in [-0.25, -0.2) is 0 Å². The molecule has 14 heavy (non-hydrogen) atoms. The van der Waals surface area contributed by atoms with Gasteiger partial charge in [0.25, 0.3) is 0 Å². The number of nitrogens with zero attached hydrogens (tertiary/aromatic N) is 2. The summed E-state index contributed by atoms with van der Waals surface area (Å²) in [7, 11) is 0. The molecule has 2 heterocycles. The maximum atomic E-state index is 8.97. The van der Waals surface area contributed by atoms with Gasteiger partial charge < -0.3 is 15.3 Å². The average molecular weight is 193 g/mol. The van der Waals surface area contributed by atoms with Gasteiger partial charge in [-0.3, -0.25) is 4.98 Å². The van der Waals surface area contributed by atoms with Gasteiger partial charge in [0.15, 0.2) is 0 Å². The van der Waals surface area contributed by atoms with Crippen molar-refractivity contribution in [2.75, 3.05) is 31.1 Å². The molecule has 76 valence electrons. The summed E-state index contributed by atoms with van der Waals surface area (Å²) in [6.45, 7) is 4.11. The molecule has 1 saturated heterocycles. The number of aliphatic hydroxyl groups excluding tert-OH is 1. The van der Waals surface area contributed by atoms with Crippen LogP contribution in [0.5, 0.6) is 0 Å². The molecule has 0 amide bonds. The van der Waals surface area contributed by atoms with Crippen LogP contribution in [-0.4, -0.2) is 36.3 Å². The van der Waals surface area contributed by atoms with E-state index in [-0.39, 0.29) is 6.61 Å². The second kappa shape index (κ2) is 4.39. The fourth-order valence-corrected chi connectivity index (χ4v) is 1.67. The molecule has 1 fully saturated rings. The Kier molecular flexibility index (Phi) is 2.96. The van der Waals surface area contributed by atoms with E-state index in [2.05, 4.69) is 15.2 Å². The highest BCUT2D eigenvalue weighted by Gasteiger charge is 2.10. The van der Waals surface area contributed by atoms with E-state index < -0.39 is 0 Å². The summed E-state index contributed by atoms with van der Waals surface area (Å²) < 4.78 is 0. The van der Waals surface area contributed by atoms with Crippen LogP contribution in [0, 0.1) is 0 Å². The number of aromatic nitrogens is 1. The lowest BCUT2D eigenvalue weighted by molar-refractivity contribution is 0.277. The Balaban J connectivity index is 2.13. The van der Waals surface area contributed by atoms with Crippen LogP contribution >= 0.6 is 0 Å². The summed E-state index contributed by atoms with van der Waals surface area (Å²) in [6, 6.07) is 3.94. The highest BCUT2D eigenvalue weighted by atomic mass is 16.3. The molecule has 0 aromatic carbocycles. The van der Waals surface area contributed by atoms with Crippen LogP contribution in [-0.2, 0) is 6.61 Å². The number of pyridine rings is 1. The number of hydrogen-bond acceptors (Lipinski definition) is 4. The number of rotatable bonds is 2. The Bertz CT molecular complexity index is 297. The highest BCUT2D eigenvalue weighted by Crippen LogP contribution is 2.14. The van der Waals surface area contributed by atoms with Crippen LogP contribution in [0.15, 0.2) is 18.3 Å². The van der Waals surface area contributed by atoms with E-state index in [1.54, 1.807) is 6.20 Å². The molecule has 2 N–H and O–H groups in total. The van der Waals surface area contributed by atoms with Crippen LogP contribution in [0.2, 0.25) is 0 Å². The fourth-order valence-electron chi connectivity index (χ4n) is 1.67. The third-order valence-corrected chi connectivity index (χ3v) is 2.44. The van der Waals surface area contributed by atoms with Crippen LogP contribution in [0.3, 0.4) is 0 Å². The van der Waals surface area contributed by atoms with Crippen molar-refractivity contribution in [3.8, 4) is 0 Å². The van der Waals surface area contributed by atoms with Crippen LogP contribution in [0.1, 0.15) is 5.69 Å². The predicted octanol–water partition coefficient (Wildman–Crippen LogP) is -0.0165. The van der Waals surface area contributed by atoms with Crippen molar-refractivity contribution in [2.45, 2.75) is 6.61 Å². The van der Waals surface area contributed by atoms with E-state index in [1.165, 1.54) is 0 Å². The first kappa shape index (κ1) is 9.43. The van der Waals surface area contributed by atoms with Gasteiger partial charge in [-0.15, -0.1) is 0 Å². The van der Waals surface area contributed by atoms with Crippen molar-refractivity contribution in [3.63, 3.8) is 0 Å². The van der Waals surface area contributed by atoms with Crippen molar-refractivity contribution >= 4 is 5.69 Å². The molecule has 0 atom stereocenters. The fraction of sp³-hybridized carbons (Fsp3) is 0.500. The van der Waals surface area contributed by atoms with Gasteiger partial charge in [0, 0.05) is 38.1 Å². The number of hydrogen-bond donors (Lipinski definition) is 2. The van der Waals surface area contributed by atoms with Gasteiger partial charge in [-0.2, -0.15) is 0 Å². The monoisotopic (exact) mass is 193 g/mol. The number of piperazine rings is 1. The van der Waals surface area contributed by atoms with E-state index >= 15 is 0 Å². The molecule has 1 aromatic heterocycles. The summed E-state index contributed by atoms with van der Waals surface area (Å²) in [5.74, 6) is 0. The van der Waals surface area contributed by atoms with Crippen LogP contribution in [0.25, 0.3) is 0 Å². The first-order chi connectivity index (χ1) is 6.90. The zero-order valence-corrected chi connectivity index (χ0v) is 8.11. The van der Waals surface area contributed by atoms with E-state index in [1.807, 2.05) is 12.1 Å². The standard InChI is InChI=1S/C10H15N3O/c14-8-9-7-10(1-2-12-9)13-5-3-11-4-6-13/h1-2,7,11,14H,3-6,8H2. The molecule has 0 bridgehead atoms. The summed E-state index contributed by atoms with van der Waals surface area (Å²) >= 11 is 0. The predicted molar refractivity (Wildman–Crippen MR) is 55.2 cm³/mol. The van der Waals surface area contributed by atoms with Crippen molar-refractivity contribution < 1.29 is 5.11 Å². The normalized spacial score (nSPS) is 17.1. The van der Waals surface area contributed by atoms with Crippen molar-refractivity contribution in [3.05, 3.63) is 24.0 Å². The molecule has 1 aliphatic heterocycles. The molecule has 4 nitrogen and oxygen atoms in total. The first-order valence-electron chi connectivity index (χ1n) is 4.91. The summed E-state index contributed by atoms with van der Waals surface area (Å²) in [5, 5.41) is 12.3. The minimum Gasteiger partial charge on any atom is -0.390 e. The van der Waals surface area contributed by atoms with Gasteiger partial charge >= 0.3 is 0 Å². The van der Waals surface area contributed by atoms with E-state index in [4.69, 9.17) is 5.11 Å². The topological polar surface area (TPSA) is 48.4 Å². The Hall–Kier alpha value is -1.13. The lowest BCUT2D eigenvalue weighted by Gasteiger charge is -2.29. The van der Waals surface area contributed by atoms with Crippen molar-refractivity contribution in [1.29, 1.82) is 0 Å². The minimum absolute atomic E-state index is 0.0138. The molecule has 0 spiro atoms. The quantitative estimate of drug-likeness (QED) is 0.693. The summed E-state index contributed by atoms with van der Waals surface area (Å²) in [4.78, 5) is 6.36. The minimum atomic E-state index is 0.0138. The Morgan fingerprint density at radius 1 is 1.43 bits per heavy atom. The molecule has 0 unspecified atom stereocenters. The molecule has 1 aliphatic rings. The third-order valence-electron chi connectivity index (χ3n) is 2.44. The first-order valence-corrected chi connectivity index (χ1v) is 4.91. The van der Waals surface area contributed by atoms with Gasteiger partial charge in [0.2, 0.25) is 0 Å². The average Bonchev–Trinajstić information content (AvgIpc) is 2.30. The van der Waals surface area contributed by atoms with Crippen LogP contribution in [0.4, 0.5) is 5.69 Å². The number of nitrogens with one attached hydrogen (secondary N) is 1. The lowest BCUT2D eigenvalue weighted by atomic mass is 10.2. The van der Waals surface area contributed by atoms with Gasteiger partial charge in [-0.1, -0.05) is 0 Å². The van der Waals surface area contributed by atoms with E-state index in [0.717, 1.165) is 37.6 Å². The second-order valence-electron chi connectivity index (χ2n) is 3.40. The molecule has 4 heteroatoms. The molecule has 0 radical (unpaired) electrons. The van der Waals surface area contributed by atoms with Crippen molar-refractivity contribution in [1.82, 2.24) is 10.3 Å². The Morgan fingerprint density at radius 3 is 2.93 bits per heavy atom. The zero-order chi connectivity index (χ0) is 9.80. The smallest absolute Gasteiger partial charge is 0.0853 e. The van der Waals surface area contributed by atoms with E-state index in [0.29, 0.717) is 0 Å². The largest absolute Gasteiger partial charge is 0.390 e. The maximum absolute atomic E-state index is 8.97. The van der Waals surface area contributed by atoms with E-state index in [9.17, 15) is 0 Å². The third kappa shape index (κ3) is 2.02. The lowest BCUT2D eigenvalue weighted by Crippen LogP contribution is -2.43. The molecule has 0 saturated carbocycles. The zero-order valence-electron chi connectivity index (χ0n) is 8.11. The molecule has 0 aliphatic carbocycles. The molecule has 1 aromatic rings. The molecular weight excluding hydrogens is 178 g/mol.